The molecular formula is C9H8Cl2O3S. The Morgan fingerprint density at radius 2 is 2.27 bits per heavy atom. The quantitative estimate of drug-likeness (QED) is 0.773. The van der Waals surface area contributed by atoms with E-state index in [9.17, 15) is 4.79 Å². The van der Waals surface area contributed by atoms with Gasteiger partial charge in [-0.1, -0.05) is 23.2 Å². The summed E-state index contributed by atoms with van der Waals surface area (Å²) in [4.78, 5) is 11.9. The molecule has 0 aliphatic carbocycles. The van der Waals surface area contributed by atoms with Gasteiger partial charge in [0.05, 0.1) is 29.7 Å². The van der Waals surface area contributed by atoms with Gasteiger partial charge in [0.2, 0.25) is 0 Å². The van der Waals surface area contributed by atoms with E-state index in [4.69, 9.17) is 32.7 Å². The van der Waals surface area contributed by atoms with Crippen LogP contribution in [0, 0.1) is 0 Å². The van der Waals surface area contributed by atoms with E-state index in [1.54, 1.807) is 6.07 Å². The van der Waals surface area contributed by atoms with Gasteiger partial charge in [-0.15, -0.1) is 11.3 Å². The molecule has 0 bridgehead atoms. The van der Waals surface area contributed by atoms with Crippen molar-refractivity contribution in [1.29, 1.82) is 0 Å². The lowest BCUT2D eigenvalue weighted by molar-refractivity contribution is -0.0718. The topological polar surface area (TPSA) is 35.5 Å². The Morgan fingerprint density at radius 3 is 2.80 bits per heavy atom. The largest absolute Gasteiger partial charge is 0.376 e. The van der Waals surface area contributed by atoms with Crippen LogP contribution in [0.2, 0.25) is 8.67 Å². The van der Waals surface area contributed by atoms with E-state index in [0.29, 0.717) is 27.4 Å². The first-order chi connectivity index (χ1) is 7.18. The molecule has 0 saturated carbocycles. The lowest BCUT2D eigenvalue weighted by Crippen LogP contribution is -2.35. The Balaban J connectivity index is 2.16. The first-order valence-corrected chi connectivity index (χ1v) is 5.94. The van der Waals surface area contributed by atoms with Crippen molar-refractivity contribution in [1.82, 2.24) is 0 Å². The van der Waals surface area contributed by atoms with Crippen molar-refractivity contribution < 1.29 is 14.3 Å². The summed E-state index contributed by atoms with van der Waals surface area (Å²) in [6.45, 7) is 1.25. The third kappa shape index (κ3) is 2.52. The van der Waals surface area contributed by atoms with Crippen LogP contribution in [0.1, 0.15) is 10.4 Å². The third-order valence-electron chi connectivity index (χ3n) is 2.03. The number of ketones is 1. The van der Waals surface area contributed by atoms with Crippen molar-refractivity contribution in [3.05, 3.63) is 20.3 Å². The average molecular weight is 267 g/mol. The second-order valence-corrected chi connectivity index (χ2v) is 5.32. The molecule has 1 unspecified atom stereocenters. The van der Waals surface area contributed by atoms with Crippen molar-refractivity contribution in [3.63, 3.8) is 0 Å². The first kappa shape index (κ1) is 11.4. The molecule has 82 valence electrons. The number of thiophene rings is 1. The lowest BCUT2D eigenvalue weighted by Gasteiger charge is -2.21. The summed E-state index contributed by atoms with van der Waals surface area (Å²) in [6.07, 6.45) is -0.554. The van der Waals surface area contributed by atoms with E-state index in [1.165, 1.54) is 11.3 Å². The molecule has 2 heterocycles. The van der Waals surface area contributed by atoms with E-state index in [2.05, 4.69) is 0 Å². The fraction of sp³-hybridized carbons (Fsp3) is 0.444. The normalized spacial score (nSPS) is 21.6. The van der Waals surface area contributed by atoms with Crippen LogP contribution in [0.5, 0.6) is 0 Å². The zero-order valence-electron chi connectivity index (χ0n) is 7.66. The molecule has 0 aromatic carbocycles. The molecule has 0 radical (unpaired) electrons. The number of hydrogen-bond acceptors (Lipinski definition) is 4. The van der Waals surface area contributed by atoms with Gasteiger partial charge < -0.3 is 9.47 Å². The smallest absolute Gasteiger partial charge is 0.196 e. The summed E-state index contributed by atoms with van der Waals surface area (Å²) in [6, 6.07) is 1.56. The standard InChI is InChI=1S/C9H8Cl2O3S/c10-7-3-5(9(11)15-7)8(12)6-4-13-1-2-14-6/h3,6H,1-2,4H2. The number of hydrogen-bond donors (Lipinski definition) is 0. The lowest BCUT2D eigenvalue weighted by atomic mass is 10.1. The van der Waals surface area contributed by atoms with Gasteiger partial charge in [0.15, 0.2) is 5.78 Å². The number of carbonyl (C=O) groups is 1. The zero-order chi connectivity index (χ0) is 10.8. The van der Waals surface area contributed by atoms with Gasteiger partial charge in [0.1, 0.15) is 10.4 Å². The number of halogens is 2. The Kier molecular flexibility index (Phi) is 3.64. The van der Waals surface area contributed by atoms with Crippen LogP contribution in [-0.4, -0.2) is 31.7 Å². The Hall–Kier alpha value is -0.130. The van der Waals surface area contributed by atoms with Gasteiger partial charge in [0.25, 0.3) is 0 Å². The summed E-state index contributed by atoms with van der Waals surface area (Å²) >= 11 is 12.8. The summed E-state index contributed by atoms with van der Waals surface area (Å²) in [7, 11) is 0. The average Bonchev–Trinajstić information content (AvgIpc) is 2.58. The Morgan fingerprint density at radius 1 is 1.47 bits per heavy atom. The van der Waals surface area contributed by atoms with E-state index in [0.717, 1.165) is 0 Å². The van der Waals surface area contributed by atoms with Gasteiger partial charge >= 0.3 is 0 Å². The number of rotatable bonds is 2. The minimum absolute atomic E-state index is 0.164. The van der Waals surface area contributed by atoms with E-state index in [1.807, 2.05) is 0 Å². The fourth-order valence-corrected chi connectivity index (χ4v) is 2.79. The summed E-state index contributed by atoms with van der Waals surface area (Å²) < 4.78 is 11.3. The molecule has 0 amide bonds. The molecular weight excluding hydrogens is 259 g/mol. The van der Waals surface area contributed by atoms with E-state index < -0.39 is 6.10 Å². The maximum atomic E-state index is 11.9. The molecule has 0 N–H and O–H groups in total. The molecule has 2 rings (SSSR count). The van der Waals surface area contributed by atoms with E-state index in [-0.39, 0.29) is 12.4 Å². The number of carbonyl (C=O) groups excluding carboxylic acids is 1. The molecule has 1 aliphatic rings. The molecule has 1 aliphatic heterocycles. The van der Waals surface area contributed by atoms with Crippen molar-refractivity contribution in [2.75, 3.05) is 19.8 Å². The second-order valence-electron chi connectivity index (χ2n) is 3.04. The highest BCUT2D eigenvalue weighted by atomic mass is 35.5. The second kappa shape index (κ2) is 4.80. The predicted molar refractivity (Wildman–Crippen MR) is 59.2 cm³/mol. The highest BCUT2D eigenvalue weighted by molar-refractivity contribution is 7.20. The Labute approximate surface area is 101 Å². The number of Topliss-reactive ketones (excluding diaryl/α,β-unsaturated/α-hetero) is 1. The van der Waals surface area contributed by atoms with Gasteiger partial charge in [-0.3, -0.25) is 4.79 Å². The van der Waals surface area contributed by atoms with Crippen molar-refractivity contribution in [2.24, 2.45) is 0 Å². The molecule has 1 fully saturated rings. The third-order valence-corrected chi connectivity index (χ3v) is 3.52. The van der Waals surface area contributed by atoms with Crippen molar-refractivity contribution in [3.8, 4) is 0 Å². The van der Waals surface area contributed by atoms with Gasteiger partial charge in [-0.25, -0.2) is 0 Å². The molecule has 1 aromatic heterocycles. The van der Waals surface area contributed by atoms with Gasteiger partial charge in [-0.05, 0) is 6.07 Å². The molecule has 1 atom stereocenters. The van der Waals surface area contributed by atoms with Crippen LogP contribution in [-0.2, 0) is 9.47 Å². The Bertz CT molecular complexity index is 371. The molecule has 3 nitrogen and oxygen atoms in total. The highest BCUT2D eigenvalue weighted by Gasteiger charge is 2.26. The van der Waals surface area contributed by atoms with Crippen molar-refractivity contribution >= 4 is 40.3 Å². The summed E-state index contributed by atoms with van der Waals surface area (Å²) in [5, 5.41) is 0. The minimum Gasteiger partial charge on any atom is -0.376 e. The summed E-state index contributed by atoms with van der Waals surface area (Å²) in [5.74, 6) is -0.164. The maximum Gasteiger partial charge on any atom is 0.196 e. The predicted octanol–water partition coefficient (Wildman–Crippen LogP) is 2.65. The highest BCUT2D eigenvalue weighted by Crippen LogP contribution is 2.32. The summed E-state index contributed by atoms with van der Waals surface area (Å²) in [5.41, 5.74) is 0.419. The van der Waals surface area contributed by atoms with Crippen LogP contribution >= 0.6 is 34.5 Å². The van der Waals surface area contributed by atoms with Crippen LogP contribution in [0.3, 0.4) is 0 Å². The fourth-order valence-electron chi connectivity index (χ4n) is 1.32. The first-order valence-electron chi connectivity index (χ1n) is 4.37. The monoisotopic (exact) mass is 266 g/mol. The zero-order valence-corrected chi connectivity index (χ0v) is 9.99. The van der Waals surface area contributed by atoms with Crippen LogP contribution in [0.4, 0.5) is 0 Å². The van der Waals surface area contributed by atoms with E-state index >= 15 is 0 Å². The maximum absolute atomic E-state index is 11.9. The SMILES string of the molecule is O=C(c1cc(Cl)sc1Cl)C1COCCO1. The number of ether oxygens (including phenoxy) is 2. The van der Waals surface area contributed by atoms with Crippen molar-refractivity contribution in [2.45, 2.75) is 6.10 Å². The molecule has 15 heavy (non-hydrogen) atoms. The van der Waals surface area contributed by atoms with Crippen LogP contribution in [0.25, 0.3) is 0 Å². The molecule has 1 aromatic rings. The molecule has 0 spiro atoms. The van der Waals surface area contributed by atoms with Crippen LogP contribution in [0.15, 0.2) is 6.07 Å². The minimum atomic E-state index is -0.554. The van der Waals surface area contributed by atoms with Crippen LogP contribution < -0.4 is 0 Å². The molecule has 1 saturated heterocycles. The molecule has 6 heteroatoms. The van der Waals surface area contributed by atoms with Gasteiger partial charge in [0, 0.05) is 0 Å². The van der Waals surface area contributed by atoms with Gasteiger partial charge in [-0.2, -0.15) is 0 Å².